The van der Waals surface area contributed by atoms with E-state index in [2.05, 4.69) is 0 Å². The van der Waals surface area contributed by atoms with Crippen LogP contribution in [0.4, 0.5) is 0 Å². The van der Waals surface area contributed by atoms with Crippen LogP contribution in [0.1, 0.15) is 51.4 Å². The van der Waals surface area contributed by atoms with Crippen molar-refractivity contribution in [1.29, 1.82) is 0 Å². The zero-order valence-corrected chi connectivity index (χ0v) is 12.3. The fourth-order valence-corrected chi connectivity index (χ4v) is 5.38. The van der Waals surface area contributed by atoms with Gasteiger partial charge in [0.2, 0.25) is 10.0 Å². The lowest BCUT2D eigenvalue weighted by atomic mass is 10.0. The predicted molar refractivity (Wildman–Crippen MR) is 72.2 cm³/mol. The van der Waals surface area contributed by atoms with Crippen molar-refractivity contribution in [3.05, 3.63) is 0 Å². The second-order valence-electron chi connectivity index (χ2n) is 5.45. The highest BCUT2D eigenvalue weighted by Crippen LogP contribution is 2.30. The number of carbonyl (C=O) groups excluding carboxylic acids is 1. The first kappa shape index (κ1) is 14.8. The minimum Gasteiger partial charge on any atom is -0.468 e. The molecule has 0 unspecified atom stereocenters. The largest absolute Gasteiger partial charge is 0.468 e. The summed E-state index contributed by atoms with van der Waals surface area (Å²) in [5, 5.41) is -0.300. The molecule has 1 heterocycles. The monoisotopic (exact) mass is 289 g/mol. The minimum absolute atomic E-state index is 0.300. The van der Waals surface area contributed by atoms with Crippen LogP contribution in [0.2, 0.25) is 0 Å². The van der Waals surface area contributed by atoms with Gasteiger partial charge in [-0.05, 0) is 32.1 Å². The van der Waals surface area contributed by atoms with Crippen molar-refractivity contribution in [1.82, 2.24) is 4.31 Å². The van der Waals surface area contributed by atoms with E-state index in [9.17, 15) is 13.2 Å². The first-order chi connectivity index (χ1) is 9.07. The van der Waals surface area contributed by atoms with Crippen molar-refractivity contribution in [3.63, 3.8) is 0 Å². The number of sulfonamides is 1. The number of piperidine rings is 1. The molecular weight excluding hydrogens is 266 g/mol. The molecule has 0 aromatic heterocycles. The van der Waals surface area contributed by atoms with Gasteiger partial charge < -0.3 is 4.74 Å². The Bertz CT molecular complexity index is 414. The second kappa shape index (κ2) is 6.22. The zero-order chi connectivity index (χ0) is 13.9. The van der Waals surface area contributed by atoms with Crippen LogP contribution in [0, 0.1) is 0 Å². The molecule has 6 heteroatoms. The van der Waals surface area contributed by atoms with Crippen molar-refractivity contribution in [2.45, 2.75) is 62.7 Å². The van der Waals surface area contributed by atoms with E-state index in [0.29, 0.717) is 13.0 Å². The van der Waals surface area contributed by atoms with Crippen LogP contribution in [0.15, 0.2) is 0 Å². The zero-order valence-electron chi connectivity index (χ0n) is 11.5. The van der Waals surface area contributed by atoms with Crippen LogP contribution in [0.25, 0.3) is 0 Å². The molecule has 5 nitrogen and oxygen atoms in total. The molecule has 0 bridgehead atoms. The number of hydrogen-bond donors (Lipinski definition) is 0. The van der Waals surface area contributed by atoms with Crippen molar-refractivity contribution >= 4 is 16.0 Å². The minimum atomic E-state index is -3.36. The SMILES string of the molecule is COC(=O)[C@H]1CCCCN1S(=O)(=O)C1CCCCC1. The van der Waals surface area contributed by atoms with Gasteiger partial charge >= 0.3 is 5.97 Å². The topological polar surface area (TPSA) is 63.7 Å². The van der Waals surface area contributed by atoms with Crippen molar-refractivity contribution in [2.24, 2.45) is 0 Å². The Labute approximate surface area is 115 Å². The molecule has 1 atom stereocenters. The van der Waals surface area contributed by atoms with Crippen LogP contribution >= 0.6 is 0 Å². The van der Waals surface area contributed by atoms with Gasteiger partial charge in [0.1, 0.15) is 6.04 Å². The average molecular weight is 289 g/mol. The highest BCUT2D eigenvalue weighted by molar-refractivity contribution is 7.89. The summed E-state index contributed by atoms with van der Waals surface area (Å²) in [5.41, 5.74) is 0. The Morgan fingerprint density at radius 2 is 1.68 bits per heavy atom. The number of rotatable bonds is 3. The van der Waals surface area contributed by atoms with E-state index in [1.165, 1.54) is 11.4 Å². The third-order valence-electron chi connectivity index (χ3n) is 4.23. The standard InChI is InChI=1S/C13H23NO4S/c1-18-13(15)12-9-5-6-10-14(12)19(16,17)11-7-3-2-4-8-11/h11-12H,2-10H2,1H3/t12-/m1/s1. The van der Waals surface area contributed by atoms with Gasteiger partial charge in [-0.25, -0.2) is 8.42 Å². The molecular formula is C13H23NO4S. The quantitative estimate of drug-likeness (QED) is 0.742. The van der Waals surface area contributed by atoms with Gasteiger partial charge in [-0.15, -0.1) is 0 Å². The lowest BCUT2D eigenvalue weighted by molar-refractivity contribution is -0.146. The molecule has 2 aliphatic rings. The van der Waals surface area contributed by atoms with E-state index < -0.39 is 22.0 Å². The lowest BCUT2D eigenvalue weighted by Gasteiger charge is -2.36. The van der Waals surface area contributed by atoms with E-state index in [-0.39, 0.29) is 5.25 Å². The number of nitrogens with zero attached hydrogens (tertiary/aromatic N) is 1. The van der Waals surface area contributed by atoms with Crippen molar-refractivity contribution < 1.29 is 17.9 Å². The van der Waals surface area contributed by atoms with Crippen molar-refractivity contribution in [3.8, 4) is 0 Å². The molecule has 1 saturated carbocycles. The number of hydrogen-bond acceptors (Lipinski definition) is 4. The van der Waals surface area contributed by atoms with E-state index in [1.807, 2.05) is 0 Å². The molecule has 1 saturated heterocycles. The molecule has 0 radical (unpaired) electrons. The van der Waals surface area contributed by atoms with Gasteiger partial charge in [0, 0.05) is 6.54 Å². The Kier molecular flexibility index (Phi) is 4.84. The summed E-state index contributed by atoms with van der Waals surface area (Å²) >= 11 is 0. The normalized spacial score (nSPS) is 27.1. The van der Waals surface area contributed by atoms with Crippen LogP contribution in [-0.2, 0) is 19.6 Å². The van der Waals surface area contributed by atoms with Gasteiger partial charge in [-0.2, -0.15) is 4.31 Å². The fourth-order valence-electron chi connectivity index (χ4n) is 3.14. The van der Waals surface area contributed by atoms with Crippen LogP contribution in [-0.4, -0.2) is 43.6 Å². The third-order valence-corrected chi connectivity index (χ3v) is 6.63. The molecule has 0 aromatic rings. The summed E-state index contributed by atoms with van der Waals surface area (Å²) in [6.07, 6.45) is 6.82. The molecule has 2 fully saturated rings. The van der Waals surface area contributed by atoms with E-state index in [0.717, 1.165) is 44.9 Å². The highest BCUT2D eigenvalue weighted by atomic mass is 32.2. The first-order valence-corrected chi connectivity index (χ1v) is 8.66. The van der Waals surface area contributed by atoms with Crippen LogP contribution in [0.5, 0.6) is 0 Å². The Morgan fingerprint density at radius 1 is 1.05 bits per heavy atom. The van der Waals surface area contributed by atoms with Gasteiger partial charge in [-0.3, -0.25) is 4.79 Å². The second-order valence-corrected chi connectivity index (χ2v) is 7.62. The number of ether oxygens (including phenoxy) is 1. The average Bonchev–Trinajstić information content (AvgIpc) is 2.47. The van der Waals surface area contributed by atoms with Crippen LogP contribution in [0.3, 0.4) is 0 Å². The maximum atomic E-state index is 12.7. The molecule has 0 N–H and O–H groups in total. The number of carbonyl (C=O) groups is 1. The molecule has 1 aliphatic carbocycles. The van der Waals surface area contributed by atoms with Crippen molar-refractivity contribution in [2.75, 3.05) is 13.7 Å². The summed E-state index contributed by atoms with van der Waals surface area (Å²) in [5.74, 6) is -0.418. The molecule has 110 valence electrons. The highest BCUT2D eigenvalue weighted by Gasteiger charge is 2.41. The number of methoxy groups -OCH3 is 1. The first-order valence-electron chi connectivity index (χ1n) is 7.16. The van der Waals surface area contributed by atoms with E-state index >= 15 is 0 Å². The molecule has 0 aromatic carbocycles. The fraction of sp³-hybridized carbons (Fsp3) is 0.923. The molecule has 2 rings (SSSR count). The van der Waals surface area contributed by atoms with E-state index in [1.54, 1.807) is 0 Å². The summed E-state index contributed by atoms with van der Waals surface area (Å²) in [6, 6.07) is -0.606. The maximum Gasteiger partial charge on any atom is 0.324 e. The smallest absolute Gasteiger partial charge is 0.324 e. The predicted octanol–water partition coefficient (Wildman–Crippen LogP) is 1.68. The van der Waals surface area contributed by atoms with E-state index in [4.69, 9.17) is 4.74 Å². The van der Waals surface area contributed by atoms with Gasteiger partial charge in [0.25, 0.3) is 0 Å². The molecule has 0 spiro atoms. The summed E-state index contributed by atoms with van der Waals surface area (Å²) < 4.78 is 31.6. The van der Waals surface area contributed by atoms with Gasteiger partial charge in [0.05, 0.1) is 12.4 Å². The van der Waals surface area contributed by atoms with Crippen LogP contribution < -0.4 is 0 Å². The molecule has 19 heavy (non-hydrogen) atoms. The van der Waals surface area contributed by atoms with Gasteiger partial charge in [-0.1, -0.05) is 19.3 Å². The Hall–Kier alpha value is -0.620. The summed E-state index contributed by atoms with van der Waals surface area (Å²) in [6.45, 7) is 0.457. The molecule has 1 aliphatic heterocycles. The van der Waals surface area contributed by atoms with Gasteiger partial charge in [0.15, 0.2) is 0 Å². The molecule has 0 amide bonds. The Morgan fingerprint density at radius 3 is 2.32 bits per heavy atom. The maximum absolute atomic E-state index is 12.7. The summed E-state index contributed by atoms with van der Waals surface area (Å²) in [4.78, 5) is 11.8. The summed E-state index contributed by atoms with van der Waals surface area (Å²) in [7, 11) is -2.04. The number of esters is 1. The lowest BCUT2D eigenvalue weighted by Crippen LogP contribution is -2.51. The third kappa shape index (κ3) is 3.11. The Balaban J connectivity index is 2.18.